The number of halogens is 1. The first-order valence-corrected chi connectivity index (χ1v) is 7.96. The monoisotopic (exact) mass is 296 g/mol. The molecule has 0 radical (unpaired) electrons. The molecule has 1 saturated heterocycles. The maximum Gasteiger partial charge on any atom is 0.223 e. The van der Waals surface area contributed by atoms with Crippen LogP contribution < -0.4 is 5.73 Å². The second-order valence-corrected chi connectivity index (χ2v) is 6.45. The Morgan fingerprint density at radius 3 is 2.75 bits per heavy atom. The van der Waals surface area contributed by atoms with Crippen molar-refractivity contribution in [3.8, 4) is 0 Å². The van der Waals surface area contributed by atoms with Crippen LogP contribution in [-0.4, -0.2) is 35.7 Å². The van der Waals surface area contributed by atoms with Crippen molar-refractivity contribution in [2.75, 3.05) is 18.8 Å². The lowest BCUT2D eigenvalue weighted by atomic mass is 10.1. The topological polar surface area (TPSA) is 46.3 Å². The van der Waals surface area contributed by atoms with Gasteiger partial charge in [0.1, 0.15) is 5.82 Å². The quantitative estimate of drug-likeness (QED) is 0.849. The summed E-state index contributed by atoms with van der Waals surface area (Å²) in [7, 11) is 0. The number of amides is 1. The lowest BCUT2D eigenvalue weighted by molar-refractivity contribution is -0.131. The standard InChI is InChI=1S/C15H21FN2OS/c1-11-8-12(9-17)10-18(11)15(19)6-7-20-14-4-2-13(16)3-5-14/h2-5,11-12H,6-10,17H2,1H3. The van der Waals surface area contributed by atoms with Crippen LogP contribution in [0.2, 0.25) is 0 Å². The third-order valence-electron chi connectivity index (χ3n) is 3.71. The van der Waals surface area contributed by atoms with Crippen LogP contribution in [0.5, 0.6) is 0 Å². The highest BCUT2D eigenvalue weighted by Crippen LogP contribution is 2.24. The number of nitrogens with two attached hydrogens (primary N) is 1. The first-order chi connectivity index (χ1) is 9.60. The largest absolute Gasteiger partial charge is 0.340 e. The van der Waals surface area contributed by atoms with Crippen LogP contribution in [-0.2, 0) is 4.79 Å². The second-order valence-electron chi connectivity index (χ2n) is 5.28. The molecule has 0 spiro atoms. The Labute approximate surface area is 123 Å². The number of carbonyl (C=O) groups excluding carboxylic acids is 1. The van der Waals surface area contributed by atoms with E-state index in [4.69, 9.17) is 5.73 Å². The molecule has 2 rings (SSSR count). The molecular weight excluding hydrogens is 275 g/mol. The van der Waals surface area contributed by atoms with E-state index in [1.165, 1.54) is 12.1 Å². The summed E-state index contributed by atoms with van der Waals surface area (Å²) in [6.07, 6.45) is 1.52. The molecule has 5 heteroatoms. The van der Waals surface area contributed by atoms with Gasteiger partial charge in [0.05, 0.1) is 0 Å². The minimum Gasteiger partial charge on any atom is -0.340 e. The molecule has 0 bridgehead atoms. The molecule has 20 heavy (non-hydrogen) atoms. The van der Waals surface area contributed by atoms with Gasteiger partial charge in [-0.1, -0.05) is 0 Å². The lowest BCUT2D eigenvalue weighted by Gasteiger charge is -2.21. The highest BCUT2D eigenvalue weighted by Gasteiger charge is 2.30. The Morgan fingerprint density at radius 1 is 1.45 bits per heavy atom. The van der Waals surface area contributed by atoms with E-state index >= 15 is 0 Å². The Morgan fingerprint density at radius 2 is 2.15 bits per heavy atom. The number of likely N-dealkylation sites (tertiary alicyclic amines) is 1. The van der Waals surface area contributed by atoms with Gasteiger partial charge < -0.3 is 10.6 Å². The summed E-state index contributed by atoms with van der Waals surface area (Å²) in [6, 6.07) is 6.67. The Kier molecular flexibility index (Phi) is 5.43. The summed E-state index contributed by atoms with van der Waals surface area (Å²) < 4.78 is 12.8. The Hall–Kier alpha value is -1.07. The van der Waals surface area contributed by atoms with Gasteiger partial charge in [-0.25, -0.2) is 4.39 Å². The van der Waals surface area contributed by atoms with Crippen molar-refractivity contribution in [2.45, 2.75) is 30.7 Å². The molecule has 1 aromatic carbocycles. The van der Waals surface area contributed by atoms with Gasteiger partial charge in [-0.2, -0.15) is 0 Å². The molecule has 110 valence electrons. The van der Waals surface area contributed by atoms with Crippen molar-refractivity contribution >= 4 is 17.7 Å². The van der Waals surface area contributed by atoms with Gasteiger partial charge in [0.2, 0.25) is 5.91 Å². The molecular formula is C15H21FN2OS. The maximum absolute atomic E-state index is 12.8. The van der Waals surface area contributed by atoms with Crippen molar-refractivity contribution < 1.29 is 9.18 Å². The molecule has 2 unspecified atom stereocenters. The molecule has 0 saturated carbocycles. The summed E-state index contributed by atoms with van der Waals surface area (Å²) in [5.41, 5.74) is 5.67. The first-order valence-electron chi connectivity index (χ1n) is 6.98. The van der Waals surface area contributed by atoms with Crippen molar-refractivity contribution in [2.24, 2.45) is 11.7 Å². The summed E-state index contributed by atoms with van der Waals surface area (Å²) in [4.78, 5) is 15.1. The lowest BCUT2D eigenvalue weighted by Crippen LogP contribution is -2.34. The molecule has 1 aliphatic rings. The Balaban J connectivity index is 1.76. The first kappa shape index (κ1) is 15.3. The number of thioether (sulfide) groups is 1. The van der Waals surface area contributed by atoms with Gasteiger partial charge in [-0.3, -0.25) is 4.79 Å². The van der Waals surface area contributed by atoms with Crippen LogP contribution in [0, 0.1) is 11.7 Å². The second kappa shape index (κ2) is 7.09. The van der Waals surface area contributed by atoms with Gasteiger partial charge in [0, 0.05) is 29.7 Å². The van der Waals surface area contributed by atoms with E-state index in [-0.39, 0.29) is 11.7 Å². The predicted octanol–water partition coefficient (Wildman–Crippen LogP) is 2.50. The Bertz CT molecular complexity index is 452. The minimum absolute atomic E-state index is 0.197. The molecule has 1 aromatic rings. The number of carbonyl (C=O) groups is 1. The van der Waals surface area contributed by atoms with E-state index in [1.807, 2.05) is 4.90 Å². The normalized spacial score (nSPS) is 22.2. The maximum atomic E-state index is 12.8. The van der Waals surface area contributed by atoms with Crippen molar-refractivity contribution in [1.29, 1.82) is 0 Å². The minimum atomic E-state index is -0.232. The zero-order chi connectivity index (χ0) is 14.5. The van der Waals surface area contributed by atoms with Crippen LogP contribution in [0.25, 0.3) is 0 Å². The highest BCUT2D eigenvalue weighted by molar-refractivity contribution is 7.99. The molecule has 1 heterocycles. The molecule has 1 fully saturated rings. The van der Waals surface area contributed by atoms with E-state index in [1.54, 1.807) is 23.9 Å². The predicted molar refractivity (Wildman–Crippen MR) is 80.1 cm³/mol. The highest BCUT2D eigenvalue weighted by atomic mass is 32.2. The van der Waals surface area contributed by atoms with Crippen LogP contribution in [0.3, 0.4) is 0 Å². The smallest absolute Gasteiger partial charge is 0.223 e. The molecule has 1 amide bonds. The number of benzene rings is 1. The van der Waals surface area contributed by atoms with Crippen molar-refractivity contribution in [3.63, 3.8) is 0 Å². The zero-order valence-corrected chi connectivity index (χ0v) is 12.5. The molecule has 1 aliphatic heterocycles. The third-order valence-corrected chi connectivity index (χ3v) is 4.73. The number of rotatable bonds is 5. The molecule has 3 nitrogen and oxygen atoms in total. The molecule has 0 aliphatic carbocycles. The molecule has 2 atom stereocenters. The fourth-order valence-corrected chi connectivity index (χ4v) is 3.43. The summed E-state index contributed by atoms with van der Waals surface area (Å²) in [5.74, 6) is 1.13. The molecule has 2 N–H and O–H groups in total. The van der Waals surface area contributed by atoms with Gasteiger partial charge in [0.15, 0.2) is 0 Å². The third kappa shape index (κ3) is 3.96. The number of hydrogen-bond donors (Lipinski definition) is 1. The van der Waals surface area contributed by atoms with Gasteiger partial charge in [-0.15, -0.1) is 11.8 Å². The fourth-order valence-electron chi connectivity index (χ4n) is 2.59. The summed E-state index contributed by atoms with van der Waals surface area (Å²) in [5, 5.41) is 0. The van der Waals surface area contributed by atoms with E-state index < -0.39 is 0 Å². The van der Waals surface area contributed by atoms with Crippen LogP contribution in [0.1, 0.15) is 19.8 Å². The zero-order valence-electron chi connectivity index (χ0n) is 11.7. The van der Waals surface area contributed by atoms with Crippen LogP contribution in [0.15, 0.2) is 29.2 Å². The van der Waals surface area contributed by atoms with Gasteiger partial charge >= 0.3 is 0 Å². The van der Waals surface area contributed by atoms with Crippen LogP contribution in [0.4, 0.5) is 4.39 Å². The SMILES string of the molecule is CC1CC(CN)CN1C(=O)CCSc1ccc(F)cc1. The van der Waals surface area contributed by atoms with Crippen LogP contribution >= 0.6 is 11.8 Å². The molecule has 0 aromatic heterocycles. The average Bonchev–Trinajstić information content (AvgIpc) is 2.82. The van der Waals surface area contributed by atoms with Crippen molar-refractivity contribution in [3.05, 3.63) is 30.1 Å². The van der Waals surface area contributed by atoms with E-state index in [9.17, 15) is 9.18 Å². The fraction of sp³-hybridized carbons (Fsp3) is 0.533. The number of hydrogen-bond acceptors (Lipinski definition) is 3. The summed E-state index contributed by atoms with van der Waals surface area (Å²) in [6.45, 7) is 3.52. The van der Waals surface area contributed by atoms with Gasteiger partial charge in [0.25, 0.3) is 0 Å². The average molecular weight is 296 g/mol. The van der Waals surface area contributed by atoms with Crippen molar-refractivity contribution in [1.82, 2.24) is 4.90 Å². The van der Waals surface area contributed by atoms with E-state index in [2.05, 4.69) is 6.92 Å². The summed E-state index contributed by atoms with van der Waals surface area (Å²) >= 11 is 1.59. The van der Waals surface area contributed by atoms with E-state index in [0.29, 0.717) is 24.9 Å². The number of nitrogens with zero attached hydrogens (tertiary/aromatic N) is 1. The van der Waals surface area contributed by atoms with Gasteiger partial charge in [-0.05, 0) is 50.1 Å². The van der Waals surface area contributed by atoms with E-state index in [0.717, 1.165) is 23.6 Å².